The lowest BCUT2D eigenvalue weighted by molar-refractivity contribution is 0.207. The predicted octanol–water partition coefficient (Wildman–Crippen LogP) is 4.45. The molecule has 0 amide bonds. The quantitative estimate of drug-likeness (QED) is 0.640. The second-order valence-electron chi connectivity index (χ2n) is 7.92. The van der Waals surface area contributed by atoms with Crippen molar-refractivity contribution in [3.8, 4) is 5.75 Å². The third-order valence-electron chi connectivity index (χ3n) is 6.11. The number of aromatic nitrogens is 1. The third-order valence-corrected chi connectivity index (χ3v) is 6.46. The Morgan fingerprint density at radius 2 is 1.65 bits per heavy atom. The van der Waals surface area contributed by atoms with Gasteiger partial charge >= 0.3 is 0 Å². The Morgan fingerprint density at radius 1 is 1.00 bits per heavy atom. The highest BCUT2D eigenvalue weighted by atomic mass is 35.5. The average Bonchev–Trinajstić information content (AvgIpc) is 2.78. The number of benzene rings is 2. The van der Waals surface area contributed by atoms with Gasteiger partial charge in [0.25, 0.3) is 5.56 Å². The van der Waals surface area contributed by atoms with Crippen molar-refractivity contribution in [3.05, 3.63) is 92.9 Å². The molecule has 1 N–H and O–H groups in total. The molecule has 162 valence electrons. The van der Waals surface area contributed by atoms with Crippen molar-refractivity contribution in [3.63, 3.8) is 0 Å². The largest absolute Gasteiger partial charge is 0.507 e. The summed E-state index contributed by atoms with van der Waals surface area (Å²) in [5.74, 6) is 0.0302. The van der Waals surface area contributed by atoms with Crippen LogP contribution in [0.15, 0.2) is 65.5 Å². The molecule has 3 aromatic rings. The summed E-state index contributed by atoms with van der Waals surface area (Å²) < 4.78 is 1.71. The molecule has 0 bridgehead atoms. The fourth-order valence-corrected chi connectivity index (χ4v) is 4.77. The summed E-state index contributed by atoms with van der Waals surface area (Å²) in [5, 5.41) is 11.5. The molecule has 6 heteroatoms. The van der Waals surface area contributed by atoms with Crippen LogP contribution in [0, 0.1) is 6.92 Å². The highest BCUT2D eigenvalue weighted by Gasteiger charge is 2.32. The number of hydrogen-bond donors (Lipinski definition) is 1. The van der Waals surface area contributed by atoms with Gasteiger partial charge in [-0.3, -0.25) is 9.69 Å². The van der Waals surface area contributed by atoms with Gasteiger partial charge in [0, 0.05) is 49.1 Å². The standard InChI is InChI=1S/C25H28ClN3O2/c1-3-29-18(2)17-22(30)23(25(29)31)24(20-11-7-8-12-21(20)26)28-15-13-27(14-16-28)19-9-5-4-6-10-19/h4-12,17,24,30H,3,13-16H2,1-2H3/t24-/m0/s1. The van der Waals surface area contributed by atoms with E-state index in [0.29, 0.717) is 17.1 Å². The van der Waals surface area contributed by atoms with Crippen LogP contribution < -0.4 is 10.5 Å². The SMILES string of the molecule is CCn1c(C)cc(O)c([C@H](c2ccccc2Cl)N2CCN(c3ccccc3)CC2)c1=O. The minimum atomic E-state index is -0.405. The number of pyridine rings is 1. The fourth-order valence-electron chi connectivity index (χ4n) is 4.53. The first-order valence-corrected chi connectivity index (χ1v) is 11.1. The first-order chi connectivity index (χ1) is 15.0. The Labute approximate surface area is 188 Å². The van der Waals surface area contributed by atoms with Crippen LogP contribution in [0.5, 0.6) is 5.75 Å². The number of rotatable bonds is 5. The molecular weight excluding hydrogens is 410 g/mol. The van der Waals surface area contributed by atoms with Crippen molar-refractivity contribution in [2.75, 3.05) is 31.1 Å². The maximum Gasteiger partial charge on any atom is 0.259 e. The second kappa shape index (κ2) is 9.16. The van der Waals surface area contributed by atoms with Gasteiger partial charge in [-0.1, -0.05) is 48.0 Å². The van der Waals surface area contributed by atoms with E-state index in [4.69, 9.17) is 11.6 Å². The summed E-state index contributed by atoms with van der Waals surface area (Å²) in [4.78, 5) is 18.0. The number of halogens is 1. The maximum atomic E-state index is 13.4. The highest BCUT2D eigenvalue weighted by molar-refractivity contribution is 6.31. The summed E-state index contributed by atoms with van der Waals surface area (Å²) in [7, 11) is 0. The van der Waals surface area contributed by atoms with Gasteiger partial charge in [0.05, 0.1) is 11.6 Å². The normalized spacial score (nSPS) is 15.8. The molecule has 0 spiro atoms. The van der Waals surface area contributed by atoms with Crippen LogP contribution in [0.1, 0.15) is 29.8 Å². The topological polar surface area (TPSA) is 48.7 Å². The molecule has 1 atom stereocenters. The van der Waals surface area contributed by atoms with Crippen molar-refractivity contribution in [1.29, 1.82) is 0 Å². The summed E-state index contributed by atoms with van der Waals surface area (Å²) in [6.07, 6.45) is 0. The molecule has 2 aromatic carbocycles. The third kappa shape index (κ3) is 4.21. The Kier molecular flexibility index (Phi) is 6.35. The van der Waals surface area contributed by atoms with Crippen molar-refractivity contribution < 1.29 is 5.11 Å². The zero-order valence-electron chi connectivity index (χ0n) is 18.0. The molecule has 0 unspecified atom stereocenters. The van der Waals surface area contributed by atoms with Crippen molar-refractivity contribution in [1.82, 2.24) is 9.47 Å². The van der Waals surface area contributed by atoms with E-state index >= 15 is 0 Å². The first kappa shape index (κ1) is 21.5. The summed E-state index contributed by atoms with van der Waals surface area (Å²) in [6, 6.07) is 19.2. The van der Waals surface area contributed by atoms with Gasteiger partial charge in [0.2, 0.25) is 0 Å². The van der Waals surface area contributed by atoms with Crippen LogP contribution >= 0.6 is 11.6 Å². The van der Waals surface area contributed by atoms with E-state index in [1.807, 2.05) is 56.3 Å². The molecule has 1 aromatic heterocycles. The average molecular weight is 438 g/mol. The van der Waals surface area contributed by atoms with E-state index in [1.165, 1.54) is 5.69 Å². The molecule has 1 saturated heterocycles. The van der Waals surface area contributed by atoms with Crippen molar-refractivity contribution >= 4 is 17.3 Å². The molecule has 0 aliphatic carbocycles. The van der Waals surface area contributed by atoms with E-state index in [2.05, 4.69) is 21.9 Å². The Hall–Kier alpha value is -2.76. The number of nitrogens with zero attached hydrogens (tertiary/aromatic N) is 3. The van der Waals surface area contributed by atoms with Gasteiger partial charge in [-0.2, -0.15) is 0 Å². The number of piperazine rings is 1. The summed E-state index contributed by atoms with van der Waals surface area (Å²) in [6.45, 7) is 7.51. The molecule has 1 fully saturated rings. The minimum absolute atomic E-state index is 0.0302. The van der Waals surface area contributed by atoms with E-state index in [-0.39, 0.29) is 11.3 Å². The molecular formula is C25H28ClN3O2. The van der Waals surface area contributed by atoms with E-state index in [1.54, 1.807) is 10.6 Å². The summed E-state index contributed by atoms with van der Waals surface area (Å²) >= 11 is 6.59. The molecule has 0 saturated carbocycles. The van der Waals surface area contributed by atoms with E-state index in [9.17, 15) is 9.90 Å². The lowest BCUT2D eigenvalue weighted by Gasteiger charge is -2.40. The van der Waals surface area contributed by atoms with Gasteiger partial charge in [0.15, 0.2) is 0 Å². The molecule has 4 rings (SSSR count). The van der Waals surface area contributed by atoms with Gasteiger partial charge in [-0.05, 0) is 43.7 Å². The Balaban J connectivity index is 1.75. The first-order valence-electron chi connectivity index (χ1n) is 10.7. The maximum absolute atomic E-state index is 13.4. The van der Waals surface area contributed by atoms with Crippen LogP contribution in [0.4, 0.5) is 5.69 Å². The minimum Gasteiger partial charge on any atom is -0.507 e. The lowest BCUT2D eigenvalue weighted by Crippen LogP contribution is -2.49. The van der Waals surface area contributed by atoms with Gasteiger partial charge in [-0.15, -0.1) is 0 Å². The molecule has 5 nitrogen and oxygen atoms in total. The van der Waals surface area contributed by atoms with Crippen LogP contribution in [0.25, 0.3) is 0 Å². The number of hydrogen-bond acceptors (Lipinski definition) is 4. The number of anilines is 1. The number of para-hydroxylation sites is 1. The second-order valence-corrected chi connectivity index (χ2v) is 8.32. The van der Waals surface area contributed by atoms with Crippen LogP contribution in [-0.4, -0.2) is 40.8 Å². The van der Waals surface area contributed by atoms with Gasteiger partial charge in [0.1, 0.15) is 5.75 Å². The fraction of sp³-hybridized carbons (Fsp3) is 0.320. The molecule has 2 heterocycles. The monoisotopic (exact) mass is 437 g/mol. The van der Waals surface area contributed by atoms with Crippen LogP contribution in [0.3, 0.4) is 0 Å². The van der Waals surface area contributed by atoms with Gasteiger partial charge < -0.3 is 14.6 Å². The smallest absolute Gasteiger partial charge is 0.259 e. The van der Waals surface area contributed by atoms with E-state index < -0.39 is 6.04 Å². The molecule has 1 aliphatic heterocycles. The summed E-state index contributed by atoms with van der Waals surface area (Å²) in [5.41, 5.74) is 3.03. The van der Waals surface area contributed by atoms with Crippen molar-refractivity contribution in [2.24, 2.45) is 0 Å². The molecule has 1 aliphatic rings. The predicted molar refractivity (Wildman–Crippen MR) is 126 cm³/mol. The number of aryl methyl sites for hydroxylation is 1. The zero-order valence-corrected chi connectivity index (χ0v) is 18.7. The van der Waals surface area contributed by atoms with Crippen molar-refractivity contribution in [2.45, 2.75) is 26.4 Å². The van der Waals surface area contributed by atoms with E-state index in [0.717, 1.165) is 37.4 Å². The Morgan fingerprint density at radius 3 is 2.29 bits per heavy atom. The van der Waals surface area contributed by atoms with Gasteiger partial charge in [-0.25, -0.2) is 0 Å². The highest BCUT2D eigenvalue weighted by Crippen LogP contribution is 2.36. The van der Waals surface area contributed by atoms with Crippen LogP contribution in [-0.2, 0) is 6.54 Å². The lowest BCUT2D eigenvalue weighted by atomic mass is 9.95. The number of aromatic hydroxyl groups is 1. The molecule has 31 heavy (non-hydrogen) atoms. The zero-order chi connectivity index (χ0) is 22.0. The Bertz CT molecular complexity index is 1110. The molecule has 0 radical (unpaired) electrons. The van der Waals surface area contributed by atoms with Crippen LogP contribution in [0.2, 0.25) is 5.02 Å².